The number of anilines is 9. The number of nitriles is 2. The summed E-state index contributed by atoms with van der Waals surface area (Å²) in [4.78, 5) is 44.5. The molecule has 0 radical (unpaired) electrons. The van der Waals surface area contributed by atoms with Crippen LogP contribution in [0.2, 0.25) is 0 Å². The normalized spacial score (nSPS) is 17.9. The maximum atomic E-state index is 13.5. The van der Waals surface area contributed by atoms with Crippen molar-refractivity contribution in [3.8, 4) is 34.7 Å². The van der Waals surface area contributed by atoms with Gasteiger partial charge in [0.2, 0.25) is 0 Å². The zero-order valence-corrected chi connectivity index (χ0v) is 84.9. The van der Waals surface area contributed by atoms with Gasteiger partial charge in [-0.1, -0.05) is 105 Å². The van der Waals surface area contributed by atoms with Gasteiger partial charge < -0.3 is 40.9 Å². The third-order valence-electron chi connectivity index (χ3n) is 32.0. The van der Waals surface area contributed by atoms with Crippen LogP contribution in [0.4, 0.5) is 70.2 Å². The number of nitrogens with one attached hydrogen (secondary N) is 2. The first-order valence-corrected chi connectivity index (χ1v) is 52.3. The average molecular weight is 1980 g/mol. The predicted molar refractivity (Wildman–Crippen MR) is 554 cm³/mol. The fourth-order valence-corrected chi connectivity index (χ4v) is 25.3. The second-order valence-electron chi connectivity index (χ2n) is 40.7. The summed E-state index contributed by atoms with van der Waals surface area (Å²) in [6.07, 6.45) is 31.1. The molecule has 0 atom stereocenters. The van der Waals surface area contributed by atoms with E-state index in [2.05, 4.69) is 163 Å². The number of pyridine rings is 5. The third kappa shape index (κ3) is 18.5. The summed E-state index contributed by atoms with van der Waals surface area (Å²) < 4.78 is 37.1. The molecular weight excluding hydrogens is 1860 g/mol. The molecule has 139 heavy (non-hydrogen) atoms. The van der Waals surface area contributed by atoms with Crippen LogP contribution < -0.4 is 40.9 Å². The summed E-state index contributed by atoms with van der Waals surface area (Å²) in [5, 5.41) is 73.4. The van der Waals surface area contributed by atoms with Crippen LogP contribution in [0.5, 0.6) is 0 Å². The highest BCUT2D eigenvalue weighted by Crippen LogP contribution is 2.55. The summed E-state index contributed by atoms with van der Waals surface area (Å²) in [5.74, 6) is -0.622. The summed E-state index contributed by atoms with van der Waals surface area (Å²) in [7, 11) is 1.99. The topological polar surface area (TPSA) is 312 Å². The second kappa shape index (κ2) is 38.8. The van der Waals surface area contributed by atoms with Crippen LogP contribution in [-0.4, -0.2) is 140 Å². The van der Waals surface area contributed by atoms with E-state index in [0.29, 0.717) is 88.3 Å². The number of thiazole rings is 2. The number of hydrogen-bond donors (Lipinski definition) is 3. The molecule has 17 heterocycles. The van der Waals surface area contributed by atoms with Gasteiger partial charge >= 0.3 is 11.4 Å². The molecule has 28 nitrogen and oxygen atoms in total. The molecule has 14 aromatic rings. The lowest BCUT2D eigenvalue weighted by molar-refractivity contribution is -0.383. The van der Waals surface area contributed by atoms with Crippen molar-refractivity contribution in [3.63, 3.8) is 0 Å². The molecule has 5 saturated carbocycles. The summed E-state index contributed by atoms with van der Waals surface area (Å²) in [6, 6.07) is 37.9. The zero-order chi connectivity index (χ0) is 97.3. The Morgan fingerprint density at radius 2 is 0.820 bits per heavy atom. The largest absolute Gasteiger partial charge is 0.395 e. The van der Waals surface area contributed by atoms with Gasteiger partial charge in [0.1, 0.15) is 67.3 Å². The van der Waals surface area contributed by atoms with Crippen molar-refractivity contribution in [2.24, 2.45) is 27.1 Å². The number of nitrogens with zero attached hydrogens (tertiary/aromatic N) is 21. The van der Waals surface area contributed by atoms with Gasteiger partial charge in [0.25, 0.3) is 0 Å². The summed E-state index contributed by atoms with van der Waals surface area (Å²) in [5.41, 5.74) is 33.4. The van der Waals surface area contributed by atoms with E-state index in [1.54, 1.807) is 39.4 Å². The fraction of sp³-hybridized carbons (Fsp3) is 0.481. The SMILES string of the molecule is C1CC2(C1)CCNC2.CCc1nn2c(C)cc(Br)cc2c1[N+](=O)[O-].CCc1nn2c(C)cc(N3CCC4(CCC4)C3)cc2c1N.CCc1nn2c(C)cc(N3CCC4(CCC4)C3)cc2c1N(C)c1nc(-c2ccc(F)cc2)c(C#N)s1.CCc1nn2c(C)cc(N3CCC4(CCC4)C3)cc2c1Nc1nc(-c2ccc(F)cc2)c(C#N)s1.CCc1nn2c(C)cc(N3CCC4(CCC4)C3)cc2c1[N+](=O)[O-]. The van der Waals surface area contributed by atoms with E-state index in [0.717, 1.165) is 159 Å². The molecule has 5 aliphatic heterocycles. The van der Waals surface area contributed by atoms with E-state index < -0.39 is 0 Å². The highest BCUT2D eigenvalue weighted by Gasteiger charge is 2.48. The molecule has 10 fully saturated rings. The van der Waals surface area contributed by atoms with Gasteiger partial charge in [0, 0.05) is 133 Å². The minimum absolute atomic E-state index is 0.104. The molecular formula is C106H125BrF2N24O4S2. The molecule has 24 rings (SSSR count). The number of hydrogen-bond acceptors (Lipinski definition) is 23. The highest BCUT2D eigenvalue weighted by atomic mass is 79.9. The van der Waals surface area contributed by atoms with Gasteiger partial charge in [-0.05, 0) is 306 Å². The van der Waals surface area contributed by atoms with Gasteiger partial charge in [0.05, 0.1) is 60.5 Å². The Hall–Kier alpha value is -12.2. The number of aryl methyl sites for hydroxylation is 10. The molecule has 33 heteroatoms. The maximum Gasteiger partial charge on any atom is 0.317 e. The first-order valence-electron chi connectivity index (χ1n) is 49.9. The Kier molecular flexibility index (Phi) is 26.7. The van der Waals surface area contributed by atoms with Gasteiger partial charge in [-0.15, -0.1) is 0 Å². The van der Waals surface area contributed by atoms with E-state index in [-0.39, 0.29) is 32.9 Å². The number of fused-ring (bicyclic) bond motifs is 5. The van der Waals surface area contributed by atoms with Gasteiger partial charge in [0.15, 0.2) is 10.3 Å². The van der Waals surface area contributed by atoms with Crippen molar-refractivity contribution < 1.29 is 18.6 Å². The smallest absolute Gasteiger partial charge is 0.317 e. The lowest BCUT2D eigenvalue weighted by atomic mass is 9.68. The molecule has 0 amide bonds. The number of nitrogen functional groups attached to an aromatic ring is 1. The van der Waals surface area contributed by atoms with Crippen LogP contribution in [0.25, 0.3) is 50.1 Å². The molecule has 726 valence electrons. The van der Waals surface area contributed by atoms with E-state index >= 15 is 0 Å². The monoisotopic (exact) mass is 1980 g/mol. The maximum absolute atomic E-state index is 13.5. The number of nitro groups is 2. The summed E-state index contributed by atoms with van der Waals surface area (Å²) >= 11 is 5.99. The standard InChI is InChI=1S/C28H29FN6S.C27H27FN6S.C17H22N4O2.C17H24N4.C10H10BrN3O2.C7H13N/c1-4-22-26(33(3)27-31-25(24(16-30)36-27)19-6-8-20(29)9-7-19)23-15-21(14-18(2)35(23)32-22)34-13-12-28(17-34)10-5-11-28;1-3-21-25(31-26-30-24(23(15-29)35-26)18-5-7-19(28)8-6-18)22-14-20(13-17(2)34(22)32-21)33-12-11-27(16-33)9-4-10-27;1-3-14-16(21(22)23)15-10-13(9-12(2)20(15)18-14)19-8-7-17(11-19)5-4-6-17;1-3-14-16(18)15-10-13(9-12(2)21(15)19-14)20-8-7-17(11-20)5-4-6-17;1-3-8-10(14(15)16)9-5-7(11)4-6(2)13(9)12-8;1-2-7(3-1)4-5-8-6-7/h6-9,14-15H,4-5,10-13,17H2,1-3H3;5-8,13-14H,3-4,9-12,16H2,1-2H3,(H,30,31);9-10H,3-8,11H2,1-2H3;9-10H,3-8,11,18H2,1-2H3;4-5H,3H2,1-2H3;8H,1-6H2. The molecule has 5 saturated heterocycles. The molecule has 5 spiro atoms. The first-order chi connectivity index (χ1) is 67.0. The van der Waals surface area contributed by atoms with Crippen LogP contribution in [-0.2, 0) is 32.1 Å². The van der Waals surface area contributed by atoms with E-state index in [9.17, 15) is 39.5 Å². The Bertz CT molecular complexity index is 7110. The van der Waals surface area contributed by atoms with Crippen LogP contribution in [0, 0.1) is 116 Å². The van der Waals surface area contributed by atoms with Gasteiger partial charge in [-0.2, -0.15) is 36.0 Å². The minimum atomic E-state index is -0.368. The minimum Gasteiger partial charge on any atom is -0.395 e. The fourth-order valence-electron chi connectivity index (χ4n) is 23.1. The van der Waals surface area contributed by atoms with Crippen molar-refractivity contribution in [2.45, 2.75) is 230 Å². The number of rotatable bonds is 17. The molecule has 2 aromatic carbocycles. The molecule has 10 aliphatic rings. The Morgan fingerprint density at radius 3 is 1.21 bits per heavy atom. The van der Waals surface area contributed by atoms with E-state index in [1.807, 2.05) is 60.4 Å². The highest BCUT2D eigenvalue weighted by molar-refractivity contribution is 9.10. The van der Waals surface area contributed by atoms with E-state index in [1.165, 1.54) is 224 Å². The second-order valence-corrected chi connectivity index (χ2v) is 43.6. The Morgan fingerprint density at radius 1 is 0.460 bits per heavy atom. The molecule has 0 bridgehead atoms. The zero-order valence-electron chi connectivity index (χ0n) is 81.7. The predicted octanol–water partition coefficient (Wildman–Crippen LogP) is 23.6. The quantitative estimate of drug-likeness (QED) is 0.0563. The van der Waals surface area contributed by atoms with Crippen LogP contribution in [0.1, 0.15) is 230 Å². The van der Waals surface area contributed by atoms with E-state index in [4.69, 9.17) is 25.9 Å². The lowest BCUT2D eigenvalue weighted by Gasteiger charge is -2.38. The van der Waals surface area contributed by atoms with Crippen LogP contribution in [0.15, 0.2) is 114 Å². The number of aromatic nitrogens is 12. The number of benzene rings is 2. The van der Waals surface area contributed by atoms with Gasteiger partial charge in [-0.25, -0.2) is 41.3 Å². The lowest BCUT2D eigenvalue weighted by Crippen LogP contribution is -2.33. The van der Waals surface area contributed by atoms with Gasteiger partial charge in [-0.3, -0.25) is 20.2 Å². The van der Waals surface area contributed by atoms with Crippen molar-refractivity contribution in [1.82, 2.24) is 63.4 Å². The molecule has 4 N–H and O–H groups in total. The Balaban J connectivity index is 0.000000111. The number of nitrogens with two attached hydrogens (primary N) is 1. The molecule has 0 unspecified atom stereocenters. The number of halogens is 3. The molecule has 12 aromatic heterocycles. The molecule has 5 aliphatic carbocycles. The van der Waals surface area contributed by atoms with Crippen molar-refractivity contribution in [1.29, 1.82) is 10.5 Å². The average Bonchev–Trinajstić information content (AvgIpc) is 1.60. The third-order valence-corrected chi connectivity index (χ3v) is 34.3. The van der Waals surface area contributed by atoms with Crippen molar-refractivity contribution in [2.75, 3.05) is 108 Å². The van der Waals surface area contributed by atoms with Crippen molar-refractivity contribution in [3.05, 3.63) is 212 Å². The Labute approximate surface area is 826 Å². The first kappa shape index (κ1) is 95.7. The van der Waals surface area contributed by atoms with Crippen LogP contribution >= 0.6 is 38.6 Å². The van der Waals surface area contributed by atoms with Crippen molar-refractivity contribution >= 4 is 128 Å². The van der Waals surface area contributed by atoms with Crippen LogP contribution in [0.3, 0.4) is 0 Å². The summed E-state index contributed by atoms with van der Waals surface area (Å²) in [6.45, 7) is 31.9.